The van der Waals surface area contributed by atoms with E-state index in [9.17, 15) is 9.59 Å². The van der Waals surface area contributed by atoms with Crippen LogP contribution in [0.25, 0.3) is 0 Å². The van der Waals surface area contributed by atoms with Gasteiger partial charge in [0.15, 0.2) is 0 Å². The molecule has 4 rings (SSSR count). The van der Waals surface area contributed by atoms with Crippen molar-refractivity contribution in [3.8, 4) is 0 Å². The van der Waals surface area contributed by atoms with Crippen LogP contribution in [0.3, 0.4) is 0 Å². The van der Waals surface area contributed by atoms with E-state index in [4.69, 9.17) is 0 Å². The highest BCUT2D eigenvalue weighted by Gasteiger charge is 2.25. The van der Waals surface area contributed by atoms with Crippen molar-refractivity contribution in [1.82, 2.24) is 5.32 Å². The fourth-order valence-electron chi connectivity index (χ4n) is 3.44. The van der Waals surface area contributed by atoms with E-state index < -0.39 is 0 Å². The quantitative estimate of drug-likeness (QED) is 0.652. The maximum Gasteiger partial charge on any atom is 0.258 e. The molecule has 0 aliphatic carbocycles. The molecule has 28 heavy (non-hydrogen) atoms. The van der Waals surface area contributed by atoms with Crippen LogP contribution in [0.4, 0.5) is 5.69 Å². The van der Waals surface area contributed by atoms with Gasteiger partial charge in [-0.3, -0.25) is 9.59 Å². The third-order valence-corrected chi connectivity index (χ3v) is 5.57. The molecule has 0 saturated carbocycles. The van der Waals surface area contributed by atoms with Gasteiger partial charge in [0, 0.05) is 28.8 Å². The van der Waals surface area contributed by atoms with Gasteiger partial charge in [0.2, 0.25) is 0 Å². The van der Waals surface area contributed by atoms with Gasteiger partial charge in [0.1, 0.15) is 0 Å². The van der Waals surface area contributed by atoms with Crippen LogP contribution in [0.5, 0.6) is 0 Å². The molecule has 0 fully saturated rings. The van der Waals surface area contributed by atoms with Crippen LogP contribution in [0.2, 0.25) is 0 Å². The van der Waals surface area contributed by atoms with Crippen LogP contribution < -0.4 is 10.2 Å². The number of halogens is 1. The Morgan fingerprint density at radius 2 is 1.71 bits per heavy atom. The molecule has 0 spiro atoms. The molecule has 3 aromatic carbocycles. The lowest BCUT2D eigenvalue weighted by Crippen LogP contribution is -2.28. The maximum atomic E-state index is 12.8. The summed E-state index contributed by atoms with van der Waals surface area (Å²) in [5, 5.41) is 2.96. The summed E-state index contributed by atoms with van der Waals surface area (Å²) in [6.07, 6.45) is 0.819. The standard InChI is InChI=1S/C23H19BrN2O2/c24-20-9-5-4-8-19(20)22(27)25-15-16-10-11-21-18(14-16)12-13-26(21)23(28)17-6-2-1-3-7-17/h1-11,14H,12-13,15H2,(H,25,27). The molecule has 4 nitrogen and oxygen atoms in total. The molecular formula is C23H19BrN2O2. The zero-order chi connectivity index (χ0) is 19.5. The number of rotatable bonds is 4. The molecule has 1 aliphatic heterocycles. The van der Waals surface area contributed by atoms with Crippen molar-refractivity contribution in [2.45, 2.75) is 13.0 Å². The van der Waals surface area contributed by atoms with E-state index in [1.807, 2.05) is 65.6 Å². The molecule has 0 aromatic heterocycles. The molecule has 1 N–H and O–H groups in total. The normalized spacial score (nSPS) is 12.5. The van der Waals surface area contributed by atoms with Crippen LogP contribution in [0, 0.1) is 0 Å². The van der Waals surface area contributed by atoms with Crippen molar-refractivity contribution >= 4 is 33.4 Å². The first-order valence-electron chi connectivity index (χ1n) is 9.15. The summed E-state index contributed by atoms with van der Waals surface area (Å²) < 4.78 is 0.775. The highest BCUT2D eigenvalue weighted by Crippen LogP contribution is 2.30. The van der Waals surface area contributed by atoms with Gasteiger partial charge < -0.3 is 10.2 Å². The Morgan fingerprint density at radius 1 is 0.964 bits per heavy atom. The lowest BCUT2D eigenvalue weighted by molar-refractivity contribution is 0.0948. The Hall–Kier alpha value is -2.92. The third-order valence-electron chi connectivity index (χ3n) is 4.88. The van der Waals surface area contributed by atoms with Gasteiger partial charge in [0.25, 0.3) is 11.8 Å². The number of amides is 2. The van der Waals surface area contributed by atoms with Crippen molar-refractivity contribution in [3.05, 3.63) is 99.5 Å². The molecule has 0 radical (unpaired) electrons. The number of anilines is 1. The second-order valence-corrected chi connectivity index (χ2v) is 7.55. The largest absolute Gasteiger partial charge is 0.348 e. The van der Waals surface area contributed by atoms with E-state index in [-0.39, 0.29) is 11.8 Å². The minimum absolute atomic E-state index is 0.0225. The number of carbonyl (C=O) groups excluding carboxylic acids is 2. The van der Waals surface area contributed by atoms with Crippen molar-refractivity contribution in [1.29, 1.82) is 0 Å². The summed E-state index contributed by atoms with van der Waals surface area (Å²) in [6, 6.07) is 22.7. The summed E-state index contributed by atoms with van der Waals surface area (Å²) in [5.74, 6) is -0.0943. The smallest absolute Gasteiger partial charge is 0.258 e. The van der Waals surface area contributed by atoms with Gasteiger partial charge in [-0.2, -0.15) is 0 Å². The predicted octanol–water partition coefficient (Wildman–Crippen LogP) is 4.58. The fraction of sp³-hybridized carbons (Fsp3) is 0.130. The molecular weight excluding hydrogens is 416 g/mol. The van der Waals surface area contributed by atoms with Gasteiger partial charge in [0.05, 0.1) is 5.56 Å². The van der Waals surface area contributed by atoms with E-state index >= 15 is 0 Å². The Kier molecular flexibility index (Phi) is 5.26. The van der Waals surface area contributed by atoms with Crippen molar-refractivity contribution < 1.29 is 9.59 Å². The van der Waals surface area contributed by atoms with Crippen molar-refractivity contribution in [3.63, 3.8) is 0 Å². The van der Waals surface area contributed by atoms with Gasteiger partial charge in [-0.25, -0.2) is 0 Å². The minimum atomic E-state index is -0.117. The number of nitrogens with one attached hydrogen (secondary N) is 1. The van der Waals surface area contributed by atoms with E-state index in [0.29, 0.717) is 24.2 Å². The molecule has 2 amide bonds. The van der Waals surface area contributed by atoms with Crippen LogP contribution in [0.15, 0.2) is 77.3 Å². The number of benzene rings is 3. The third kappa shape index (κ3) is 3.71. The monoisotopic (exact) mass is 434 g/mol. The topological polar surface area (TPSA) is 49.4 Å². The van der Waals surface area contributed by atoms with E-state index in [2.05, 4.69) is 27.3 Å². The number of carbonyl (C=O) groups is 2. The minimum Gasteiger partial charge on any atom is -0.348 e. The average Bonchev–Trinajstić information content (AvgIpc) is 3.15. The summed E-state index contributed by atoms with van der Waals surface area (Å²) in [5.41, 5.74) is 4.42. The lowest BCUT2D eigenvalue weighted by Gasteiger charge is -2.17. The van der Waals surface area contributed by atoms with Crippen LogP contribution in [-0.2, 0) is 13.0 Å². The lowest BCUT2D eigenvalue weighted by atomic mass is 10.1. The van der Waals surface area contributed by atoms with Gasteiger partial charge >= 0.3 is 0 Å². The molecule has 3 aromatic rings. The molecule has 1 aliphatic rings. The Morgan fingerprint density at radius 3 is 2.50 bits per heavy atom. The summed E-state index contributed by atoms with van der Waals surface area (Å²) >= 11 is 3.40. The highest BCUT2D eigenvalue weighted by molar-refractivity contribution is 9.10. The first-order chi connectivity index (χ1) is 13.6. The summed E-state index contributed by atoms with van der Waals surface area (Å²) in [6.45, 7) is 1.12. The second-order valence-electron chi connectivity index (χ2n) is 6.70. The number of fused-ring (bicyclic) bond motifs is 1. The van der Waals surface area contributed by atoms with Crippen LogP contribution in [-0.4, -0.2) is 18.4 Å². The Balaban J connectivity index is 1.46. The Labute approximate surface area is 172 Å². The van der Waals surface area contributed by atoms with Crippen LogP contribution in [0.1, 0.15) is 31.8 Å². The first-order valence-corrected chi connectivity index (χ1v) is 9.94. The van der Waals surface area contributed by atoms with E-state index in [1.54, 1.807) is 6.07 Å². The summed E-state index contributed by atoms with van der Waals surface area (Å²) in [4.78, 5) is 27.0. The average molecular weight is 435 g/mol. The SMILES string of the molecule is O=C(NCc1ccc2c(c1)CCN2C(=O)c1ccccc1)c1ccccc1Br. The molecule has 5 heteroatoms. The number of hydrogen-bond acceptors (Lipinski definition) is 2. The van der Waals surface area contributed by atoms with Crippen LogP contribution >= 0.6 is 15.9 Å². The first kappa shape index (κ1) is 18.4. The zero-order valence-corrected chi connectivity index (χ0v) is 16.8. The zero-order valence-electron chi connectivity index (χ0n) is 15.2. The Bertz CT molecular complexity index is 1030. The predicted molar refractivity (Wildman–Crippen MR) is 114 cm³/mol. The number of nitrogens with zero attached hydrogens (tertiary/aromatic N) is 1. The van der Waals surface area contributed by atoms with E-state index in [0.717, 1.165) is 27.7 Å². The number of hydrogen-bond donors (Lipinski definition) is 1. The second kappa shape index (κ2) is 7.98. The van der Waals surface area contributed by atoms with Gasteiger partial charge in [-0.05, 0) is 63.8 Å². The highest BCUT2D eigenvalue weighted by atomic mass is 79.9. The molecule has 0 bridgehead atoms. The fourth-order valence-corrected chi connectivity index (χ4v) is 3.90. The molecule has 140 valence electrons. The molecule has 0 saturated heterocycles. The maximum absolute atomic E-state index is 12.8. The van der Waals surface area contributed by atoms with Crippen molar-refractivity contribution in [2.24, 2.45) is 0 Å². The van der Waals surface area contributed by atoms with Gasteiger partial charge in [-0.1, -0.05) is 42.5 Å². The molecule has 0 unspecified atom stereocenters. The molecule has 0 atom stereocenters. The van der Waals surface area contributed by atoms with Crippen molar-refractivity contribution in [2.75, 3.05) is 11.4 Å². The summed E-state index contributed by atoms with van der Waals surface area (Å²) in [7, 11) is 0. The molecule has 1 heterocycles. The van der Waals surface area contributed by atoms with Gasteiger partial charge in [-0.15, -0.1) is 0 Å². The van der Waals surface area contributed by atoms with E-state index in [1.165, 1.54) is 0 Å².